The number of carbonyl (C=O) groups excluding carboxylic acids is 6. The zero-order valence-corrected chi connectivity index (χ0v) is 51.0. The minimum atomic E-state index is -3.47. The van der Waals surface area contributed by atoms with Gasteiger partial charge in [0.15, 0.2) is 0 Å². The van der Waals surface area contributed by atoms with E-state index in [1.807, 2.05) is 72.8 Å². The second-order valence-corrected chi connectivity index (χ2v) is 42.0. The standard InChI is InChI=1S/6C9H8NO.C6H3.3Bi/c6*1-2-9(11)10-8-6-4-3-5-7-8;1-2-4-6-5-3-1;;;/h6*2,4-7H,1H2,(H,10,11);1,4-5H;;;. The quantitative estimate of drug-likeness (QED) is 0.0470. The molecule has 7 rings (SSSR count). The SMILES string of the molecule is C=CC(=O)Nc1cc[c]([Bi]([c]2ccc(NC(=O)C=C)cc2)[c]2c[c]([Bi]([c]3ccc(NC(=O)C=C)cc3)[c]3ccc(NC(=O)C=C)cc3)c[c]([Bi]([c]3ccc(NC(=O)C=C)cc3)[c]3ccc(NC(=O)C=C)cc3)c2)cc1. The van der Waals surface area contributed by atoms with Gasteiger partial charge in [-0.05, 0) is 0 Å². The van der Waals surface area contributed by atoms with Crippen LogP contribution in [-0.2, 0) is 28.8 Å². The average Bonchev–Trinajstić information content (AvgIpc) is 3.43. The molecule has 0 radical (unpaired) electrons. The summed E-state index contributed by atoms with van der Waals surface area (Å²) < 4.78 is 10.3. The van der Waals surface area contributed by atoms with Crippen LogP contribution in [0.1, 0.15) is 0 Å². The number of benzene rings is 7. The molecule has 7 aromatic carbocycles. The number of anilines is 6. The van der Waals surface area contributed by atoms with Crippen LogP contribution in [0.2, 0.25) is 0 Å². The van der Waals surface area contributed by atoms with Crippen molar-refractivity contribution in [1.82, 2.24) is 0 Å². The van der Waals surface area contributed by atoms with Gasteiger partial charge in [-0.1, -0.05) is 0 Å². The van der Waals surface area contributed by atoms with E-state index in [1.54, 1.807) is 0 Å². The topological polar surface area (TPSA) is 175 Å². The van der Waals surface area contributed by atoms with Crippen molar-refractivity contribution >= 4 is 164 Å². The fourth-order valence-corrected chi connectivity index (χ4v) is 39.8. The van der Waals surface area contributed by atoms with Gasteiger partial charge >= 0.3 is 465 Å². The van der Waals surface area contributed by atoms with Crippen LogP contribution in [0.5, 0.6) is 0 Å². The van der Waals surface area contributed by atoms with Crippen LogP contribution in [0.3, 0.4) is 0 Å². The van der Waals surface area contributed by atoms with Gasteiger partial charge in [0.2, 0.25) is 0 Å². The van der Waals surface area contributed by atoms with Crippen molar-refractivity contribution in [2.75, 3.05) is 31.9 Å². The number of nitrogens with one attached hydrogen (secondary N) is 6. The van der Waals surface area contributed by atoms with Gasteiger partial charge in [-0.3, -0.25) is 0 Å². The van der Waals surface area contributed by atoms with Gasteiger partial charge in [-0.2, -0.15) is 0 Å². The second kappa shape index (κ2) is 26.6. The van der Waals surface area contributed by atoms with E-state index in [1.165, 1.54) is 46.3 Å². The van der Waals surface area contributed by atoms with E-state index in [0.29, 0.717) is 34.1 Å². The molecule has 7 aromatic rings. The summed E-state index contributed by atoms with van der Waals surface area (Å²) in [6.45, 7) is 21.7. The molecule has 0 aliphatic rings. The zero-order chi connectivity index (χ0) is 53.4. The molecule has 0 heterocycles. The van der Waals surface area contributed by atoms with E-state index in [4.69, 9.17) is 0 Å². The maximum atomic E-state index is 12.4. The Labute approximate surface area is 460 Å². The van der Waals surface area contributed by atoms with E-state index in [9.17, 15) is 28.8 Å². The van der Waals surface area contributed by atoms with Crippen molar-refractivity contribution in [3.63, 3.8) is 0 Å². The van der Waals surface area contributed by atoms with Gasteiger partial charge in [0, 0.05) is 0 Å². The van der Waals surface area contributed by atoms with E-state index < -0.39 is 65.3 Å². The molecule has 0 atom stereocenters. The summed E-state index contributed by atoms with van der Waals surface area (Å²) >= 11 is -10.4. The predicted octanol–water partition coefficient (Wildman–Crippen LogP) is 3.98. The molecule has 0 spiro atoms. The summed E-state index contributed by atoms with van der Waals surface area (Å²) in [5.41, 5.74) is 3.73. The second-order valence-electron chi connectivity index (χ2n) is 16.2. The molecule has 0 unspecified atom stereocenters. The first kappa shape index (κ1) is 55.2. The Bertz CT molecular complexity index is 2760. The van der Waals surface area contributed by atoms with Crippen LogP contribution in [-0.4, -0.2) is 101 Å². The first-order valence-corrected chi connectivity index (χ1v) is 38.7. The summed E-state index contributed by atoms with van der Waals surface area (Å²) in [7, 11) is 0. The predicted molar refractivity (Wildman–Crippen MR) is 312 cm³/mol. The van der Waals surface area contributed by atoms with Gasteiger partial charge in [0.25, 0.3) is 0 Å². The van der Waals surface area contributed by atoms with Crippen molar-refractivity contribution < 1.29 is 28.8 Å². The van der Waals surface area contributed by atoms with Crippen molar-refractivity contribution in [3.05, 3.63) is 240 Å². The third kappa shape index (κ3) is 14.8. The van der Waals surface area contributed by atoms with Gasteiger partial charge < -0.3 is 0 Å². The van der Waals surface area contributed by atoms with Gasteiger partial charge in [0.1, 0.15) is 0 Å². The first-order valence-electron chi connectivity index (χ1n) is 23.1. The van der Waals surface area contributed by atoms with E-state index >= 15 is 0 Å². The Balaban J connectivity index is 1.53. The summed E-state index contributed by atoms with van der Waals surface area (Å²) in [6.07, 6.45) is 7.36. The summed E-state index contributed by atoms with van der Waals surface area (Å²) in [5.74, 6) is -1.96. The molecule has 0 bridgehead atoms. The summed E-state index contributed by atoms with van der Waals surface area (Å²) in [6, 6.07) is 55.0. The van der Waals surface area contributed by atoms with Crippen LogP contribution in [0.4, 0.5) is 34.1 Å². The molecular weight excluding hydrogens is 1530 g/mol. The average molecular weight is 1580 g/mol. The molecule has 0 aliphatic heterocycles. The third-order valence-electron chi connectivity index (χ3n) is 11.1. The number of amides is 6. The Hall–Kier alpha value is -7.55. The minimum absolute atomic E-state index is 0.326. The molecule has 0 saturated heterocycles. The van der Waals surface area contributed by atoms with E-state index in [-0.39, 0.29) is 35.4 Å². The molecule has 0 fully saturated rings. The third-order valence-corrected chi connectivity index (χ3v) is 39.2. The van der Waals surface area contributed by atoms with Gasteiger partial charge in [-0.15, -0.1) is 0 Å². The number of rotatable bonds is 21. The molecule has 0 aliphatic carbocycles. The van der Waals surface area contributed by atoms with Crippen LogP contribution in [0.25, 0.3) is 0 Å². The van der Waals surface area contributed by atoms with Crippen LogP contribution < -0.4 is 61.3 Å². The van der Waals surface area contributed by atoms with Gasteiger partial charge in [0.05, 0.1) is 0 Å². The Kier molecular flexibility index (Phi) is 19.6. The maximum absolute atomic E-state index is 12.4. The molecule has 6 amide bonds. The number of hydrogen-bond acceptors (Lipinski definition) is 6. The van der Waals surface area contributed by atoms with Crippen molar-refractivity contribution in [2.24, 2.45) is 0 Å². The van der Waals surface area contributed by atoms with Crippen LogP contribution in [0, 0.1) is 0 Å². The molecule has 12 nitrogen and oxygen atoms in total. The molecule has 15 heteroatoms. The summed E-state index contributed by atoms with van der Waals surface area (Å²) in [5, 5.41) is 17.3. The monoisotopic (exact) mass is 1580 g/mol. The fourth-order valence-electron chi connectivity index (χ4n) is 7.63. The number of hydrogen-bond donors (Lipinski definition) is 6. The van der Waals surface area contributed by atoms with Gasteiger partial charge in [-0.25, -0.2) is 0 Å². The van der Waals surface area contributed by atoms with E-state index in [2.05, 4.69) is 162 Å². The molecule has 75 heavy (non-hydrogen) atoms. The number of carbonyl (C=O) groups is 6. The Morgan fingerprint density at radius 2 is 0.373 bits per heavy atom. The summed E-state index contributed by atoms with van der Waals surface area (Å²) in [4.78, 5) is 74.6. The van der Waals surface area contributed by atoms with Crippen LogP contribution in [0.15, 0.2) is 240 Å². The Morgan fingerprint density at radius 3 is 0.493 bits per heavy atom. The van der Waals surface area contributed by atoms with Crippen molar-refractivity contribution in [3.8, 4) is 0 Å². The Morgan fingerprint density at radius 1 is 0.240 bits per heavy atom. The molecule has 372 valence electrons. The van der Waals surface area contributed by atoms with E-state index in [0.717, 1.165) is 19.6 Å². The first-order chi connectivity index (χ1) is 36.3. The fraction of sp³-hybridized carbons (Fsp3) is 0. The molecular formula is C60H51Bi3N6O6. The normalized spacial score (nSPS) is 10.6. The molecule has 0 aromatic heterocycles. The molecule has 6 N–H and O–H groups in total. The van der Waals surface area contributed by atoms with Crippen molar-refractivity contribution in [2.45, 2.75) is 0 Å². The zero-order valence-electron chi connectivity index (χ0n) is 40.6. The molecule has 0 saturated carbocycles. The van der Waals surface area contributed by atoms with Crippen molar-refractivity contribution in [1.29, 1.82) is 0 Å². The van der Waals surface area contributed by atoms with Crippen LogP contribution >= 0.6 is 0 Å².